The number of hydrogen-bond donors (Lipinski definition) is 2. The fraction of sp³-hybridized carbons (Fsp3) is 0.368. The third kappa shape index (κ3) is 3.92. The summed E-state index contributed by atoms with van der Waals surface area (Å²) in [6, 6.07) is 5.56. The van der Waals surface area contributed by atoms with Crippen LogP contribution in [0.3, 0.4) is 0 Å². The quantitative estimate of drug-likeness (QED) is 0.828. The van der Waals surface area contributed by atoms with Gasteiger partial charge in [-0.3, -0.25) is 4.79 Å². The highest BCUT2D eigenvalue weighted by atomic mass is 32.1. The Hall–Kier alpha value is -2.30. The Morgan fingerprint density at radius 2 is 2.08 bits per heavy atom. The van der Waals surface area contributed by atoms with Crippen molar-refractivity contribution < 1.29 is 13.6 Å². The largest absolute Gasteiger partial charge is 0.315 e. The van der Waals surface area contributed by atoms with E-state index in [1.165, 1.54) is 22.3 Å². The maximum atomic E-state index is 13.3. The monoisotopic (exact) mass is 375 g/mol. The maximum Gasteiger partial charge on any atom is 0.238 e. The molecule has 0 spiro atoms. The SMILES string of the molecule is C[C@H](NCC(=O)Nc1sc2c(c1C#N)CCCC2)c1ccc(F)c(F)c1. The van der Waals surface area contributed by atoms with E-state index in [1.54, 1.807) is 6.92 Å². The van der Waals surface area contributed by atoms with Gasteiger partial charge >= 0.3 is 0 Å². The van der Waals surface area contributed by atoms with Crippen molar-refractivity contribution in [3.63, 3.8) is 0 Å². The van der Waals surface area contributed by atoms with Crippen LogP contribution in [0, 0.1) is 23.0 Å². The first-order valence-corrected chi connectivity index (χ1v) is 9.34. The molecule has 4 nitrogen and oxygen atoms in total. The van der Waals surface area contributed by atoms with Gasteiger partial charge in [0.2, 0.25) is 5.91 Å². The summed E-state index contributed by atoms with van der Waals surface area (Å²) in [4.78, 5) is 13.4. The molecule has 2 N–H and O–H groups in total. The molecule has 1 aliphatic carbocycles. The molecule has 26 heavy (non-hydrogen) atoms. The van der Waals surface area contributed by atoms with Crippen LogP contribution in [0.15, 0.2) is 18.2 Å². The molecular formula is C19H19F2N3OS. The minimum Gasteiger partial charge on any atom is -0.315 e. The first-order valence-electron chi connectivity index (χ1n) is 8.52. The van der Waals surface area contributed by atoms with Crippen molar-refractivity contribution in [1.29, 1.82) is 5.26 Å². The van der Waals surface area contributed by atoms with Gasteiger partial charge in [-0.15, -0.1) is 11.3 Å². The Balaban J connectivity index is 1.62. The lowest BCUT2D eigenvalue weighted by Crippen LogP contribution is -2.30. The molecular weight excluding hydrogens is 356 g/mol. The smallest absolute Gasteiger partial charge is 0.238 e. The standard InChI is InChI=1S/C19H19F2N3OS/c1-11(12-6-7-15(20)16(21)8-12)23-10-18(25)24-19-14(9-22)13-4-2-3-5-17(13)26-19/h6-8,11,23H,2-5,10H2,1H3,(H,24,25)/t11-/m0/s1. The van der Waals surface area contributed by atoms with Crippen LogP contribution in [0.5, 0.6) is 0 Å². The highest BCUT2D eigenvalue weighted by molar-refractivity contribution is 7.16. The molecule has 1 aromatic heterocycles. The Labute approximate surface area is 154 Å². The molecule has 1 atom stereocenters. The van der Waals surface area contributed by atoms with Gasteiger partial charge < -0.3 is 10.6 Å². The van der Waals surface area contributed by atoms with Crippen LogP contribution in [0.1, 0.15) is 47.4 Å². The number of benzene rings is 1. The van der Waals surface area contributed by atoms with E-state index in [4.69, 9.17) is 0 Å². The lowest BCUT2D eigenvalue weighted by atomic mass is 9.96. The molecule has 136 valence electrons. The molecule has 1 heterocycles. The minimum absolute atomic E-state index is 0.00754. The molecule has 7 heteroatoms. The van der Waals surface area contributed by atoms with Gasteiger partial charge in [0.15, 0.2) is 11.6 Å². The number of amides is 1. The number of halogens is 2. The lowest BCUT2D eigenvalue weighted by Gasteiger charge is -2.14. The molecule has 1 amide bonds. The molecule has 2 aromatic rings. The Bertz CT molecular complexity index is 872. The van der Waals surface area contributed by atoms with E-state index < -0.39 is 11.6 Å². The minimum atomic E-state index is -0.913. The Morgan fingerprint density at radius 1 is 1.31 bits per heavy atom. The van der Waals surface area contributed by atoms with Crippen molar-refractivity contribution in [3.8, 4) is 6.07 Å². The molecule has 0 saturated carbocycles. The number of thiophene rings is 1. The molecule has 0 saturated heterocycles. The normalized spacial score (nSPS) is 14.4. The van der Waals surface area contributed by atoms with Crippen LogP contribution in [0.25, 0.3) is 0 Å². The van der Waals surface area contributed by atoms with Crippen molar-refractivity contribution in [3.05, 3.63) is 51.4 Å². The number of carbonyl (C=O) groups is 1. The first kappa shape index (κ1) is 18.5. The summed E-state index contributed by atoms with van der Waals surface area (Å²) in [5.74, 6) is -2.08. The van der Waals surface area contributed by atoms with Gasteiger partial charge in [0.25, 0.3) is 0 Å². The number of hydrogen-bond acceptors (Lipinski definition) is 4. The summed E-state index contributed by atoms with van der Waals surface area (Å²) in [5.41, 5.74) is 2.20. The number of carbonyl (C=O) groups excluding carboxylic acids is 1. The number of nitriles is 1. The predicted molar refractivity (Wildman–Crippen MR) is 97.1 cm³/mol. The molecule has 1 aliphatic rings. The van der Waals surface area contributed by atoms with E-state index in [0.717, 1.165) is 43.4 Å². The average Bonchev–Trinajstić information content (AvgIpc) is 2.98. The molecule has 1 aromatic carbocycles. The molecule has 0 radical (unpaired) electrons. The van der Waals surface area contributed by atoms with Gasteiger partial charge in [0, 0.05) is 10.9 Å². The van der Waals surface area contributed by atoms with Gasteiger partial charge in [0.1, 0.15) is 11.1 Å². The molecule has 0 bridgehead atoms. The predicted octanol–water partition coefficient (Wildman–Crippen LogP) is 4.07. The first-order chi connectivity index (χ1) is 12.5. The summed E-state index contributed by atoms with van der Waals surface area (Å²) < 4.78 is 26.3. The third-order valence-corrected chi connectivity index (χ3v) is 5.76. The van der Waals surface area contributed by atoms with E-state index in [1.807, 2.05) is 0 Å². The van der Waals surface area contributed by atoms with Gasteiger partial charge in [-0.2, -0.15) is 5.26 Å². The molecule has 3 rings (SSSR count). The average molecular weight is 375 g/mol. The number of nitrogens with zero attached hydrogens (tertiary/aromatic N) is 1. The summed E-state index contributed by atoms with van der Waals surface area (Å²) in [6.07, 6.45) is 4.02. The maximum absolute atomic E-state index is 13.3. The second-order valence-electron chi connectivity index (χ2n) is 6.35. The van der Waals surface area contributed by atoms with Crippen LogP contribution >= 0.6 is 11.3 Å². The van der Waals surface area contributed by atoms with E-state index in [0.29, 0.717) is 16.1 Å². The van der Waals surface area contributed by atoms with Gasteiger partial charge in [-0.25, -0.2) is 8.78 Å². The van der Waals surface area contributed by atoms with Crippen LogP contribution < -0.4 is 10.6 Å². The van der Waals surface area contributed by atoms with Crippen LogP contribution in [-0.2, 0) is 17.6 Å². The van der Waals surface area contributed by atoms with Crippen molar-refractivity contribution in [2.75, 3.05) is 11.9 Å². The van der Waals surface area contributed by atoms with Crippen molar-refractivity contribution in [2.45, 2.75) is 38.6 Å². The number of fused-ring (bicyclic) bond motifs is 1. The number of anilines is 1. The summed E-state index contributed by atoms with van der Waals surface area (Å²) in [7, 11) is 0. The van der Waals surface area contributed by atoms with E-state index in [9.17, 15) is 18.8 Å². The molecule has 0 aliphatic heterocycles. The van der Waals surface area contributed by atoms with Crippen LogP contribution in [0.4, 0.5) is 13.8 Å². The van der Waals surface area contributed by atoms with E-state index in [-0.39, 0.29) is 18.5 Å². The van der Waals surface area contributed by atoms with Crippen LogP contribution in [0.2, 0.25) is 0 Å². The summed E-state index contributed by atoms with van der Waals surface area (Å²) in [5, 5.41) is 15.8. The van der Waals surface area contributed by atoms with Crippen molar-refractivity contribution in [2.24, 2.45) is 0 Å². The van der Waals surface area contributed by atoms with Gasteiger partial charge in [-0.1, -0.05) is 6.07 Å². The highest BCUT2D eigenvalue weighted by Gasteiger charge is 2.21. The van der Waals surface area contributed by atoms with Crippen molar-refractivity contribution in [1.82, 2.24) is 5.32 Å². The number of aryl methyl sites for hydroxylation is 1. The number of rotatable bonds is 5. The summed E-state index contributed by atoms with van der Waals surface area (Å²) in [6.45, 7) is 1.78. The highest BCUT2D eigenvalue weighted by Crippen LogP contribution is 2.37. The van der Waals surface area contributed by atoms with Crippen molar-refractivity contribution >= 4 is 22.2 Å². The Kier molecular flexibility index (Phi) is 5.64. The van der Waals surface area contributed by atoms with Crippen LogP contribution in [-0.4, -0.2) is 12.5 Å². The number of nitrogens with one attached hydrogen (secondary N) is 2. The topological polar surface area (TPSA) is 64.9 Å². The second-order valence-corrected chi connectivity index (χ2v) is 7.46. The third-order valence-electron chi connectivity index (χ3n) is 4.55. The van der Waals surface area contributed by atoms with Gasteiger partial charge in [-0.05, 0) is 55.9 Å². The Morgan fingerprint density at radius 3 is 2.81 bits per heavy atom. The van der Waals surface area contributed by atoms with E-state index in [2.05, 4.69) is 16.7 Å². The lowest BCUT2D eigenvalue weighted by molar-refractivity contribution is -0.115. The zero-order valence-corrected chi connectivity index (χ0v) is 15.2. The van der Waals surface area contributed by atoms with Gasteiger partial charge in [0.05, 0.1) is 12.1 Å². The zero-order chi connectivity index (χ0) is 18.7. The second kappa shape index (κ2) is 7.94. The fourth-order valence-electron chi connectivity index (χ4n) is 3.09. The van der Waals surface area contributed by atoms with E-state index >= 15 is 0 Å². The zero-order valence-electron chi connectivity index (χ0n) is 14.4. The summed E-state index contributed by atoms with van der Waals surface area (Å²) >= 11 is 1.48. The fourth-order valence-corrected chi connectivity index (χ4v) is 4.34. The molecule has 0 fully saturated rings. The molecule has 0 unspecified atom stereocenters.